The van der Waals surface area contributed by atoms with E-state index in [1.165, 1.54) is 0 Å². The lowest BCUT2D eigenvalue weighted by Crippen LogP contribution is -2.44. The van der Waals surface area contributed by atoms with E-state index in [0.29, 0.717) is 12.0 Å². The lowest BCUT2D eigenvalue weighted by Gasteiger charge is -2.35. The molecule has 2 N–H and O–H groups in total. The molecule has 1 aromatic carbocycles. The maximum absolute atomic E-state index is 12.7. The smallest absolute Gasteiger partial charge is 0.254 e. The van der Waals surface area contributed by atoms with Gasteiger partial charge in [0.2, 0.25) is 0 Å². The first-order chi connectivity index (χ1) is 9.79. The second-order valence-electron chi connectivity index (χ2n) is 5.29. The number of hydrogen-bond donors (Lipinski definition) is 2. The average molecular weight is 273 g/mol. The standard InChI is InChI=1S/C15H19N3O2/c19-8-6-12-3-1-2-7-18(12)15(20)11-4-5-13-14(9-11)17-10-16-13/h4-5,9-10,12,19H,1-3,6-8H2,(H,16,17). The molecule has 0 bridgehead atoms. The van der Waals surface area contributed by atoms with Crippen molar-refractivity contribution >= 4 is 16.9 Å². The molecule has 20 heavy (non-hydrogen) atoms. The molecule has 1 aromatic heterocycles. The maximum Gasteiger partial charge on any atom is 0.254 e. The van der Waals surface area contributed by atoms with Crippen molar-refractivity contribution in [1.29, 1.82) is 0 Å². The van der Waals surface area contributed by atoms with Crippen LogP contribution in [0.1, 0.15) is 36.0 Å². The molecule has 3 rings (SSSR count). The Morgan fingerprint density at radius 1 is 1.45 bits per heavy atom. The molecule has 1 aliphatic rings. The van der Waals surface area contributed by atoms with Crippen molar-refractivity contribution < 1.29 is 9.90 Å². The molecular formula is C15H19N3O2. The summed E-state index contributed by atoms with van der Waals surface area (Å²) < 4.78 is 0. The summed E-state index contributed by atoms with van der Waals surface area (Å²) in [6, 6.07) is 5.72. The van der Waals surface area contributed by atoms with Crippen LogP contribution >= 0.6 is 0 Å². The molecule has 2 aromatic rings. The average Bonchev–Trinajstić information content (AvgIpc) is 2.95. The SMILES string of the molecule is O=C(c1ccc2nc[nH]c2c1)N1CCCCC1CCO. The molecule has 1 aliphatic heterocycles. The van der Waals surface area contributed by atoms with Crippen LogP contribution in [-0.4, -0.2) is 45.1 Å². The first-order valence-corrected chi connectivity index (χ1v) is 7.14. The highest BCUT2D eigenvalue weighted by atomic mass is 16.3. The largest absolute Gasteiger partial charge is 0.396 e. The summed E-state index contributed by atoms with van der Waals surface area (Å²) in [5.41, 5.74) is 2.44. The van der Waals surface area contributed by atoms with Crippen LogP contribution in [0.15, 0.2) is 24.5 Å². The molecular weight excluding hydrogens is 254 g/mol. The fourth-order valence-corrected chi connectivity index (χ4v) is 2.95. The van der Waals surface area contributed by atoms with Crippen molar-refractivity contribution in [3.63, 3.8) is 0 Å². The van der Waals surface area contributed by atoms with Crippen LogP contribution in [0.5, 0.6) is 0 Å². The summed E-state index contributed by atoms with van der Waals surface area (Å²) in [5.74, 6) is 0.0552. The number of hydrogen-bond acceptors (Lipinski definition) is 3. The molecule has 2 heterocycles. The number of imidazole rings is 1. The lowest BCUT2D eigenvalue weighted by molar-refractivity contribution is 0.0575. The number of H-pyrrole nitrogens is 1. The van der Waals surface area contributed by atoms with Crippen LogP contribution < -0.4 is 0 Å². The van der Waals surface area contributed by atoms with Gasteiger partial charge >= 0.3 is 0 Å². The zero-order valence-corrected chi connectivity index (χ0v) is 11.4. The molecule has 1 atom stereocenters. The monoisotopic (exact) mass is 273 g/mol. The minimum atomic E-state index is 0.0552. The number of aliphatic hydroxyl groups is 1. The van der Waals surface area contributed by atoms with E-state index >= 15 is 0 Å². The van der Waals surface area contributed by atoms with E-state index < -0.39 is 0 Å². The summed E-state index contributed by atoms with van der Waals surface area (Å²) in [6.45, 7) is 0.915. The maximum atomic E-state index is 12.7. The van der Waals surface area contributed by atoms with E-state index in [1.807, 2.05) is 23.1 Å². The zero-order chi connectivity index (χ0) is 13.9. The first kappa shape index (κ1) is 13.1. The Hall–Kier alpha value is -1.88. The Labute approximate surface area is 117 Å². The van der Waals surface area contributed by atoms with Gasteiger partial charge in [-0.2, -0.15) is 0 Å². The minimum absolute atomic E-state index is 0.0552. The number of likely N-dealkylation sites (tertiary alicyclic amines) is 1. The Morgan fingerprint density at radius 3 is 3.20 bits per heavy atom. The number of rotatable bonds is 3. The topological polar surface area (TPSA) is 69.2 Å². The number of aliphatic hydroxyl groups excluding tert-OH is 1. The predicted octanol–water partition coefficient (Wildman–Crippen LogP) is 1.94. The van der Waals surface area contributed by atoms with Gasteiger partial charge in [-0.3, -0.25) is 4.79 Å². The van der Waals surface area contributed by atoms with E-state index in [0.717, 1.165) is 36.8 Å². The van der Waals surface area contributed by atoms with Crippen molar-refractivity contribution in [3.8, 4) is 0 Å². The van der Waals surface area contributed by atoms with Crippen LogP contribution in [0.4, 0.5) is 0 Å². The lowest BCUT2D eigenvalue weighted by atomic mass is 9.98. The molecule has 0 saturated carbocycles. The van der Waals surface area contributed by atoms with Gasteiger partial charge in [0.25, 0.3) is 5.91 Å². The number of benzene rings is 1. The number of nitrogens with zero attached hydrogens (tertiary/aromatic N) is 2. The fourth-order valence-electron chi connectivity index (χ4n) is 2.95. The molecule has 0 radical (unpaired) electrons. The van der Waals surface area contributed by atoms with Crippen LogP contribution in [0, 0.1) is 0 Å². The van der Waals surface area contributed by atoms with Crippen LogP contribution in [0.25, 0.3) is 11.0 Å². The minimum Gasteiger partial charge on any atom is -0.396 e. The number of carbonyl (C=O) groups excluding carboxylic acids is 1. The van der Waals surface area contributed by atoms with Gasteiger partial charge in [-0.15, -0.1) is 0 Å². The second kappa shape index (κ2) is 5.63. The van der Waals surface area contributed by atoms with Gasteiger partial charge in [0.05, 0.1) is 17.4 Å². The van der Waals surface area contributed by atoms with Gasteiger partial charge < -0.3 is 15.0 Å². The van der Waals surface area contributed by atoms with Crippen LogP contribution in [0.3, 0.4) is 0 Å². The molecule has 0 aliphatic carbocycles. The summed E-state index contributed by atoms with van der Waals surface area (Å²) >= 11 is 0. The predicted molar refractivity (Wildman–Crippen MR) is 76.5 cm³/mol. The third-order valence-electron chi connectivity index (χ3n) is 4.02. The van der Waals surface area contributed by atoms with Gasteiger partial charge in [-0.1, -0.05) is 0 Å². The number of fused-ring (bicyclic) bond motifs is 1. The van der Waals surface area contributed by atoms with E-state index in [9.17, 15) is 4.79 Å². The van der Waals surface area contributed by atoms with Crippen molar-refractivity contribution in [1.82, 2.24) is 14.9 Å². The van der Waals surface area contributed by atoms with Crippen molar-refractivity contribution in [2.75, 3.05) is 13.2 Å². The number of amides is 1. The highest BCUT2D eigenvalue weighted by molar-refractivity contribution is 5.97. The van der Waals surface area contributed by atoms with E-state index in [2.05, 4.69) is 9.97 Å². The molecule has 106 valence electrons. The zero-order valence-electron chi connectivity index (χ0n) is 11.4. The van der Waals surface area contributed by atoms with Gasteiger partial charge in [0.1, 0.15) is 0 Å². The Bertz CT molecular complexity index is 606. The Balaban J connectivity index is 1.85. The molecule has 1 saturated heterocycles. The van der Waals surface area contributed by atoms with E-state index in [1.54, 1.807) is 6.33 Å². The number of piperidine rings is 1. The molecule has 0 spiro atoms. The summed E-state index contributed by atoms with van der Waals surface area (Å²) in [4.78, 5) is 21.8. The second-order valence-corrected chi connectivity index (χ2v) is 5.29. The molecule has 1 unspecified atom stereocenters. The number of nitrogens with one attached hydrogen (secondary N) is 1. The van der Waals surface area contributed by atoms with Crippen LogP contribution in [0.2, 0.25) is 0 Å². The summed E-state index contributed by atoms with van der Waals surface area (Å²) in [5, 5.41) is 9.15. The highest BCUT2D eigenvalue weighted by Gasteiger charge is 2.27. The quantitative estimate of drug-likeness (QED) is 0.898. The number of aromatic amines is 1. The van der Waals surface area contributed by atoms with Gasteiger partial charge in [0.15, 0.2) is 0 Å². The third-order valence-corrected chi connectivity index (χ3v) is 4.02. The van der Waals surface area contributed by atoms with Gasteiger partial charge in [0, 0.05) is 24.8 Å². The third kappa shape index (κ3) is 2.41. The highest BCUT2D eigenvalue weighted by Crippen LogP contribution is 2.22. The van der Waals surface area contributed by atoms with Crippen molar-refractivity contribution in [3.05, 3.63) is 30.1 Å². The molecule has 1 amide bonds. The van der Waals surface area contributed by atoms with Crippen molar-refractivity contribution in [2.24, 2.45) is 0 Å². The fraction of sp³-hybridized carbons (Fsp3) is 0.467. The normalized spacial score (nSPS) is 19.4. The number of carbonyl (C=O) groups is 1. The first-order valence-electron chi connectivity index (χ1n) is 7.14. The van der Waals surface area contributed by atoms with Crippen molar-refractivity contribution in [2.45, 2.75) is 31.7 Å². The van der Waals surface area contributed by atoms with Gasteiger partial charge in [-0.05, 0) is 43.9 Å². The molecule has 5 nitrogen and oxygen atoms in total. The summed E-state index contributed by atoms with van der Waals surface area (Å²) in [7, 11) is 0. The Morgan fingerprint density at radius 2 is 2.35 bits per heavy atom. The molecule has 5 heteroatoms. The Kier molecular flexibility index (Phi) is 3.69. The summed E-state index contributed by atoms with van der Waals surface area (Å²) in [6.07, 6.45) is 5.46. The van der Waals surface area contributed by atoms with Crippen LogP contribution in [-0.2, 0) is 0 Å². The number of aromatic nitrogens is 2. The van der Waals surface area contributed by atoms with Gasteiger partial charge in [-0.25, -0.2) is 4.98 Å². The van der Waals surface area contributed by atoms with E-state index in [-0.39, 0.29) is 18.6 Å². The van der Waals surface area contributed by atoms with E-state index in [4.69, 9.17) is 5.11 Å². The molecule has 1 fully saturated rings.